The van der Waals surface area contributed by atoms with Gasteiger partial charge in [0.25, 0.3) is 0 Å². The molecular weight excluding hydrogens is 255 g/mol. The zero-order chi connectivity index (χ0) is 14.3. The van der Waals surface area contributed by atoms with Crippen molar-refractivity contribution in [3.8, 4) is 0 Å². The lowest BCUT2D eigenvalue weighted by Crippen LogP contribution is -2.26. The molecule has 2 unspecified atom stereocenters. The highest BCUT2D eigenvalue weighted by Gasteiger charge is 2.43. The van der Waals surface area contributed by atoms with E-state index in [4.69, 9.17) is 0 Å². The SMILES string of the molecule is CC1(C)CCCC1C(O)c1cnccc1C(F)(F)F. The van der Waals surface area contributed by atoms with Gasteiger partial charge in [-0.1, -0.05) is 20.3 Å². The van der Waals surface area contributed by atoms with E-state index in [1.807, 2.05) is 13.8 Å². The number of halogens is 3. The smallest absolute Gasteiger partial charge is 0.388 e. The Kier molecular flexibility index (Phi) is 3.60. The van der Waals surface area contributed by atoms with Gasteiger partial charge in [0.1, 0.15) is 0 Å². The van der Waals surface area contributed by atoms with Crippen molar-refractivity contribution < 1.29 is 18.3 Å². The second-order valence-electron chi connectivity index (χ2n) is 5.89. The van der Waals surface area contributed by atoms with Crippen LogP contribution in [-0.2, 0) is 6.18 Å². The Morgan fingerprint density at radius 2 is 2.11 bits per heavy atom. The average Bonchev–Trinajstić information content (AvgIpc) is 2.67. The van der Waals surface area contributed by atoms with Gasteiger partial charge in [-0.15, -0.1) is 0 Å². The molecule has 1 fully saturated rings. The van der Waals surface area contributed by atoms with E-state index in [-0.39, 0.29) is 16.9 Å². The summed E-state index contributed by atoms with van der Waals surface area (Å²) in [5.74, 6) is -0.155. The molecule has 1 aliphatic carbocycles. The summed E-state index contributed by atoms with van der Waals surface area (Å²) in [4.78, 5) is 3.74. The molecule has 2 atom stereocenters. The minimum atomic E-state index is -4.46. The van der Waals surface area contributed by atoms with Gasteiger partial charge in [-0.05, 0) is 30.2 Å². The molecule has 2 rings (SSSR count). The summed E-state index contributed by atoms with van der Waals surface area (Å²) < 4.78 is 38.8. The summed E-state index contributed by atoms with van der Waals surface area (Å²) in [7, 11) is 0. The van der Waals surface area contributed by atoms with Gasteiger partial charge in [-0.2, -0.15) is 13.2 Å². The van der Waals surface area contributed by atoms with E-state index >= 15 is 0 Å². The van der Waals surface area contributed by atoms with Gasteiger partial charge in [0, 0.05) is 18.0 Å². The van der Waals surface area contributed by atoms with Gasteiger partial charge in [0.2, 0.25) is 0 Å². The number of rotatable bonds is 2. The minimum Gasteiger partial charge on any atom is -0.388 e. The second-order valence-corrected chi connectivity index (χ2v) is 5.89. The molecule has 0 aliphatic heterocycles. The summed E-state index contributed by atoms with van der Waals surface area (Å²) in [6.07, 6.45) is -0.696. The zero-order valence-electron chi connectivity index (χ0n) is 11.0. The van der Waals surface area contributed by atoms with Gasteiger partial charge >= 0.3 is 6.18 Å². The van der Waals surface area contributed by atoms with Crippen molar-refractivity contribution in [2.45, 2.75) is 45.4 Å². The predicted molar refractivity (Wildman–Crippen MR) is 65.3 cm³/mol. The van der Waals surface area contributed by atoms with E-state index in [0.29, 0.717) is 0 Å². The van der Waals surface area contributed by atoms with Crippen molar-refractivity contribution >= 4 is 0 Å². The number of pyridine rings is 1. The lowest BCUT2D eigenvalue weighted by molar-refractivity contribution is -0.139. The summed E-state index contributed by atoms with van der Waals surface area (Å²) in [5, 5.41) is 10.4. The van der Waals surface area contributed by atoms with Crippen molar-refractivity contribution in [2.75, 3.05) is 0 Å². The predicted octanol–water partition coefficient (Wildman–Crippen LogP) is 3.96. The molecule has 0 radical (unpaired) electrons. The van der Waals surface area contributed by atoms with E-state index in [0.717, 1.165) is 37.7 Å². The van der Waals surface area contributed by atoms with Crippen molar-refractivity contribution in [1.82, 2.24) is 4.98 Å². The Morgan fingerprint density at radius 1 is 1.42 bits per heavy atom. The highest BCUT2D eigenvalue weighted by molar-refractivity contribution is 5.29. The number of hydrogen-bond acceptors (Lipinski definition) is 2. The van der Waals surface area contributed by atoms with Crippen molar-refractivity contribution in [3.05, 3.63) is 29.6 Å². The Balaban J connectivity index is 2.37. The normalized spacial score (nSPS) is 24.4. The molecule has 1 aromatic rings. The Morgan fingerprint density at radius 3 is 2.63 bits per heavy atom. The van der Waals surface area contributed by atoms with Gasteiger partial charge in [-0.25, -0.2) is 0 Å². The molecule has 1 aliphatic rings. The van der Waals surface area contributed by atoms with E-state index in [1.54, 1.807) is 0 Å². The van der Waals surface area contributed by atoms with Crippen LogP contribution in [0, 0.1) is 11.3 Å². The summed E-state index contributed by atoms with van der Waals surface area (Å²) in [5.41, 5.74) is -1.02. The summed E-state index contributed by atoms with van der Waals surface area (Å²) >= 11 is 0. The lowest BCUT2D eigenvalue weighted by Gasteiger charge is -2.32. The molecule has 5 heteroatoms. The topological polar surface area (TPSA) is 33.1 Å². The van der Waals surface area contributed by atoms with Crippen LogP contribution >= 0.6 is 0 Å². The highest BCUT2D eigenvalue weighted by Crippen LogP contribution is 2.50. The van der Waals surface area contributed by atoms with Crippen LogP contribution in [-0.4, -0.2) is 10.1 Å². The van der Waals surface area contributed by atoms with Gasteiger partial charge in [0.15, 0.2) is 0 Å². The molecular formula is C14H18F3NO. The van der Waals surface area contributed by atoms with Crippen LogP contribution in [0.3, 0.4) is 0 Å². The molecule has 1 N–H and O–H groups in total. The fourth-order valence-corrected chi connectivity index (χ4v) is 3.06. The molecule has 0 aromatic carbocycles. The fraction of sp³-hybridized carbons (Fsp3) is 0.643. The molecule has 1 aromatic heterocycles. The maximum atomic E-state index is 12.9. The van der Waals surface area contributed by atoms with Gasteiger partial charge < -0.3 is 5.11 Å². The van der Waals surface area contributed by atoms with Gasteiger partial charge in [-0.3, -0.25) is 4.98 Å². The maximum Gasteiger partial charge on any atom is 0.416 e. The first-order valence-corrected chi connectivity index (χ1v) is 6.42. The Bertz CT molecular complexity index is 456. The number of hydrogen-bond donors (Lipinski definition) is 1. The van der Waals surface area contributed by atoms with Crippen LogP contribution in [0.5, 0.6) is 0 Å². The molecule has 106 valence electrons. The first-order chi connectivity index (χ1) is 8.73. The number of aliphatic hydroxyl groups excluding tert-OH is 1. The molecule has 0 amide bonds. The monoisotopic (exact) mass is 273 g/mol. The number of nitrogens with zero attached hydrogens (tertiary/aromatic N) is 1. The number of aromatic nitrogens is 1. The molecule has 1 saturated carbocycles. The van der Waals surface area contributed by atoms with Crippen LogP contribution in [0.1, 0.15) is 50.3 Å². The minimum absolute atomic E-state index is 0.102. The van der Waals surface area contributed by atoms with E-state index in [1.165, 1.54) is 0 Å². The molecule has 1 heterocycles. The van der Waals surface area contributed by atoms with Crippen molar-refractivity contribution in [3.63, 3.8) is 0 Å². The van der Waals surface area contributed by atoms with E-state index < -0.39 is 17.8 Å². The van der Waals surface area contributed by atoms with Crippen LogP contribution in [0.2, 0.25) is 0 Å². The molecule has 0 bridgehead atoms. The second kappa shape index (κ2) is 4.78. The molecule has 0 saturated heterocycles. The Labute approximate surface area is 110 Å². The van der Waals surface area contributed by atoms with Gasteiger partial charge in [0.05, 0.1) is 11.7 Å². The van der Waals surface area contributed by atoms with Crippen LogP contribution < -0.4 is 0 Å². The lowest BCUT2D eigenvalue weighted by atomic mass is 9.76. The average molecular weight is 273 g/mol. The summed E-state index contributed by atoms with van der Waals surface area (Å²) in [6.45, 7) is 4.00. The zero-order valence-corrected chi connectivity index (χ0v) is 11.0. The maximum absolute atomic E-state index is 12.9. The summed E-state index contributed by atoms with van der Waals surface area (Å²) in [6, 6.07) is 0.931. The largest absolute Gasteiger partial charge is 0.416 e. The third-order valence-corrected chi connectivity index (χ3v) is 4.20. The number of alkyl halides is 3. The van der Waals surface area contributed by atoms with Crippen molar-refractivity contribution in [1.29, 1.82) is 0 Å². The fourth-order valence-electron chi connectivity index (χ4n) is 3.06. The quantitative estimate of drug-likeness (QED) is 0.884. The van der Waals surface area contributed by atoms with Crippen LogP contribution in [0.15, 0.2) is 18.5 Å². The third kappa shape index (κ3) is 2.76. The standard InChI is InChI=1S/C14H18F3NO/c1-13(2)6-3-4-11(13)12(19)9-8-18-7-5-10(9)14(15,16)17/h5,7-8,11-12,19H,3-4,6H2,1-2H3. The van der Waals surface area contributed by atoms with E-state index in [9.17, 15) is 18.3 Å². The first-order valence-electron chi connectivity index (χ1n) is 6.42. The van der Waals surface area contributed by atoms with Crippen LogP contribution in [0.25, 0.3) is 0 Å². The third-order valence-electron chi connectivity index (χ3n) is 4.20. The Hall–Kier alpha value is -1.10. The highest BCUT2D eigenvalue weighted by atomic mass is 19.4. The van der Waals surface area contributed by atoms with Crippen LogP contribution in [0.4, 0.5) is 13.2 Å². The molecule has 2 nitrogen and oxygen atoms in total. The molecule has 19 heavy (non-hydrogen) atoms. The van der Waals surface area contributed by atoms with E-state index in [2.05, 4.69) is 4.98 Å². The number of aliphatic hydroxyl groups is 1. The molecule has 0 spiro atoms. The first kappa shape index (κ1) is 14.3. The van der Waals surface area contributed by atoms with Crippen molar-refractivity contribution in [2.24, 2.45) is 11.3 Å².